The summed E-state index contributed by atoms with van der Waals surface area (Å²) in [4.78, 5) is 11.7. The van der Waals surface area contributed by atoms with Gasteiger partial charge in [0, 0.05) is 24.2 Å². The van der Waals surface area contributed by atoms with Gasteiger partial charge in [-0.15, -0.1) is 0 Å². The van der Waals surface area contributed by atoms with Crippen molar-refractivity contribution >= 4 is 11.6 Å². The van der Waals surface area contributed by atoms with E-state index in [0.29, 0.717) is 12.1 Å². The quantitative estimate of drug-likeness (QED) is 0.733. The molecule has 0 aliphatic rings. The van der Waals surface area contributed by atoms with E-state index in [4.69, 9.17) is 0 Å². The average molecular weight is 236 g/mol. The molecule has 1 aromatic rings. The second-order valence-corrected chi connectivity index (χ2v) is 4.21. The molecule has 1 aromatic carbocycles. The standard InChI is InChI=1S/C13H20N2O2/c1-4-14-10(3)7-13(17)15-11-6-5-9(2)12(16)8-11/h5-6,8,10,14,16H,4,7H2,1-3H3,(H,15,17). The molecule has 0 aliphatic heterocycles. The van der Waals surface area contributed by atoms with Crippen molar-refractivity contribution in [1.29, 1.82) is 0 Å². The first-order chi connectivity index (χ1) is 8.02. The van der Waals surface area contributed by atoms with Gasteiger partial charge in [-0.1, -0.05) is 13.0 Å². The van der Waals surface area contributed by atoms with Crippen molar-refractivity contribution in [3.63, 3.8) is 0 Å². The number of aryl methyl sites for hydroxylation is 1. The molecule has 4 nitrogen and oxygen atoms in total. The fourth-order valence-electron chi connectivity index (χ4n) is 1.60. The first kappa shape index (κ1) is 13.5. The first-order valence-corrected chi connectivity index (χ1v) is 5.85. The summed E-state index contributed by atoms with van der Waals surface area (Å²) < 4.78 is 0. The molecule has 17 heavy (non-hydrogen) atoms. The van der Waals surface area contributed by atoms with Gasteiger partial charge in [-0.05, 0) is 32.0 Å². The summed E-state index contributed by atoms with van der Waals surface area (Å²) in [5.41, 5.74) is 1.42. The van der Waals surface area contributed by atoms with E-state index in [-0.39, 0.29) is 17.7 Å². The number of phenols is 1. The van der Waals surface area contributed by atoms with E-state index < -0.39 is 0 Å². The highest BCUT2D eigenvalue weighted by Crippen LogP contribution is 2.20. The Balaban J connectivity index is 2.53. The maximum absolute atomic E-state index is 11.7. The number of carbonyl (C=O) groups excluding carboxylic acids is 1. The lowest BCUT2D eigenvalue weighted by Crippen LogP contribution is -2.30. The van der Waals surface area contributed by atoms with Gasteiger partial charge < -0.3 is 15.7 Å². The molecule has 0 aromatic heterocycles. The van der Waals surface area contributed by atoms with Gasteiger partial charge in [-0.3, -0.25) is 4.79 Å². The van der Waals surface area contributed by atoms with E-state index in [9.17, 15) is 9.90 Å². The molecule has 0 spiro atoms. The predicted molar refractivity (Wildman–Crippen MR) is 69.2 cm³/mol. The Morgan fingerprint density at radius 3 is 2.76 bits per heavy atom. The molecule has 1 rings (SSSR count). The zero-order valence-electron chi connectivity index (χ0n) is 10.6. The summed E-state index contributed by atoms with van der Waals surface area (Å²) in [6.07, 6.45) is 0.419. The molecular weight excluding hydrogens is 216 g/mol. The third-order valence-electron chi connectivity index (χ3n) is 2.54. The maximum atomic E-state index is 11.7. The second kappa shape index (κ2) is 6.25. The van der Waals surface area contributed by atoms with Gasteiger partial charge in [0.15, 0.2) is 0 Å². The Morgan fingerprint density at radius 2 is 2.18 bits per heavy atom. The Kier molecular flexibility index (Phi) is 4.97. The molecule has 0 saturated heterocycles. The molecule has 1 unspecified atom stereocenters. The molecular formula is C13H20N2O2. The van der Waals surface area contributed by atoms with Crippen LogP contribution in [0.15, 0.2) is 18.2 Å². The summed E-state index contributed by atoms with van der Waals surface area (Å²) >= 11 is 0. The number of rotatable bonds is 5. The monoisotopic (exact) mass is 236 g/mol. The van der Waals surface area contributed by atoms with Gasteiger partial charge in [0.2, 0.25) is 5.91 Å². The van der Waals surface area contributed by atoms with Gasteiger partial charge in [-0.25, -0.2) is 0 Å². The number of benzene rings is 1. The molecule has 0 heterocycles. The molecule has 0 radical (unpaired) electrons. The Bertz CT molecular complexity index is 391. The summed E-state index contributed by atoms with van der Waals surface area (Å²) in [5.74, 6) is 0.143. The van der Waals surface area contributed by atoms with Crippen LogP contribution < -0.4 is 10.6 Å². The SMILES string of the molecule is CCNC(C)CC(=O)Nc1ccc(C)c(O)c1. The van der Waals surface area contributed by atoms with Crippen LogP contribution in [-0.4, -0.2) is 23.6 Å². The van der Waals surface area contributed by atoms with Crippen molar-refractivity contribution in [1.82, 2.24) is 5.32 Å². The van der Waals surface area contributed by atoms with Gasteiger partial charge in [-0.2, -0.15) is 0 Å². The van der Waals surface area contributed by atoms with Crippen molar-refractivity contribution in [2.24, 2.45) is 0 Å². The van der Waals surface area contributed by atoms with Gasteiger partial charge >= 0.3 is 0 Å². The average Bonchev–Trinajstić information content (AvgIpc) is 2.23. The van der Waals surface area contributed by atoms with E-state index in [2.05, 4.69) is 10.6 Å². The summed E-state index contributed by atoms with van der Waals surface area (Å²) in [5, 5.41) is 15.4. The minimum absolute atomic E-state index is 0.0540. The van der Waals surface area contributed by atoms with E-state index in [1.54, 1.807) is 18.2 Å². The number of amides is 1. The van der Waals surface area contributed by atoms with Crippen molar-refractivity contribution in [3.8, 4) is 5.75 Å². The number of hydrogen-bond donors (Lipinski definition) is 3. The normalized spacial score (nSPS) is 12.2. The minimum atomic E-state index is -0.0540. The van der Waals surface area contributed by atoms with Crippen molar-refractivity contribution < 1.29 is 9.90 Å². The predicted octanol–water partition coefficient (Wildman–Crippen LogP) is 2.03. The van der Waals surface area contributed by atoms with Crippen molar-refractivity contribution in [3.05, 3.63) is 23.8 Å². The third kappa shape index (κ3) is 4.44. The second-order valence-electron chi connectivity index (χ2n) is 4.21. The van der Waals surface area contributed by atoms with Crippen LogP contribution in [0.25, 0.3) is 0 Å². The molecule has 94 valence electrons. The van der Waals surface area contributed by atoms with Crippen LogP contribution >= 0.6 is 0 Å². The van der Waals surface area contributed by atoms with Gasteiger partial charge in [0.1, 0.15) is 5.75 Å². The fraction of sp³-hybridized carbons (Fsp3) is 0.462. The number of phenolic OH excluding ortho intramolecular Hbond substituents is 1. The molecule has 0 saturated carbocycles. The number of nitrogens with one attached hydrogen (secondary N) is 2. The van der Waals surface area contributed by atoms with E-state index >= 15 is 0 Å². The smallest absolute Gasteiger partial charge is 0.225 e. The lowest BCUT2D eigenvalue weighted by atomic mass is 10.2. The lowest BCUT2D eigenvalue weighted by molar-refractivity contribution is -0.116. The van der Waals surface area contributed by atoms with E-state index in [1.165, 1.54) is 0 Å². The first-order valence-electron chi connectivity index (χ1n) is 5.85. The van der Waals surface area contributed by atoms with Crippen LogP contribution in [0.3, 0.4) is 0 Å². The zero-order valence-corrected chi connectivity index (χ0v) is 10.6. The Hall–Kier alpha value is -1.55. The van der Waals surface area contributed by atoms with Crippen LogP contribution in [0.2, 0.25) is 0 Å². The third-order valence-corrected chi connectivity index (χ3v) is 2.54. The maximum Gasteiger partial charge on any atom is 0.225 e. The van der Waals surface area contributed by atoms with Crippen molar-refractivity contribution in [2.45, 2.75) is 33.2 Å². The van der Waals surface area contributed by atoms with Crippen LogP contribution in [0.1, 0.15) is 25.8 Å². The molecule has 0 fully saturated rings. The zero-order chi connectivity index (χ0) is 12.8. The number of aromatic hydroxyl groups is 1. The fourth-order valence-corrected chi connectivity index (χ4v) is 1.60. The minimum Gasteiger partial charge on any atom is -0.508 e. The van der Waals surface area contributed by atoms with Crippen LogP contribution in [0.5, 0.6) is 5.75 Å². The molecule has 3 N–H and O–H groups in total. The molecule has 0 bridgehead atoms. The molecule has 1 atom stereocenters. The number of anilines is 1. The van der Waals surface area contributed by atoms with Gasteiger partial charge in [0.05, 0.1) is 0 Å². The van der Waals surface area contributed by atoms with Gasteiger partial charge in [0.25, 0.3) is 0 Å². The molecule has 4 heteroatoms. The summed E-state index contributed by atoms with van der Waals surface area (Å²) in [6.45, 7) is 6.63. The number of hydrogen-bond acceptors (Lipinski definition) is 3. The van der Waals surface area contributed by atoms with Crippen molar-refractivity contribution in [2.75, 3.05) is 11.9 Å². The molecule has 0 aliphatic carbocycles. The molecule has 1 amide bonds. The summed E-state index contributed by atoms with van der Waals surface area (Å²) in [6, 6.07) is 5.27. The van der Waals surface area contributed by atoms with E-state index in [0.717, 1.165) is 12.1 Å². The Labute approximate surface area is 102 Å². The highest BCUT2D eigenvalue weighted by atomic mass is 16.3. The lowest BCUT2D eigenvalue weighted by Gasteiger charge is -2.12. The van der Waals surface area contributed by atoms with Crippen LogP contribution in [0, 0.1) is 6.92 Å². The number of carbonyl (C=O) groups is 1. The van der Waals surface area contributed by atoms with Crippen LogP contribution in [0.4, 0.5) is 5.69 Å². The highest BCUT2D eigenvalue weighted by molar-refractivity contribution is 5.91. The largest absolute Gasteiger partial charge is 0.508 e. The summed E-state index contributed by atoms with van der Waals surface area (Å²) in [7, 11) is 0. The van der Waals surface area contributed by atoms with E-state index in [1.807, 2.05) is 20.8 Å². The highest BCUT2D eigenvalue weighted by Gasteiger charge is 2.08. The topological polar surface area (TPSA) is 61.4 Å². The Morgan fingerprint density at radius 1 is 1.47 bits per heavy atom. The van der Waals surface area contributed by atoms with Crippen LogP contribution in [-0.2, 0) is 4.79 Å².